The first-order valence-electron chi connectivity index (χ1n) is 6.51. The Morgan fingerprint density at radius 1 is 1.24 bits per heavy atom. The highest BCUT2D eigenvalue weighted by molar-refractivity contribution is 7.71. The van der Waals surface area contributed by atoms with Gasteiger partial charge in [0.1, 0.15) is 11.9 Å². The third-order valence-electron chi connectivity index (χ3n) is 3.62. The van der Waals surface area contributed by atoms with Gasteiger partial charge in [0, 0.05) is 5.56 Å². The van der Waals surface area contributed by atoms with Crippen molar-refractivity contribution < 1.29 is 4.39 Å². The molecule has 5 heteroatoms. The first-order valence-corrected chi connectivity index (χ1v) is 6.92. The van der Waals surface area contributed by atoms with Crippen LogP contribution < -0.4 is 0 Å². The molecule has 3 nitrogen and oxygen atoms in total. The zero-order valence-corrected chi connectivity index (χ0v) is 12.1. The number of H-pyrrole nitrogens is 1. The minimum Gasteiger partial charge on any atom is -0.329 e. The normalized spacial score (nSPS) is 12.2. The minimum absolute atomic E-state index is 0.263. The summed E-state index contributed by atoms with van der Waals surface area (Å²) in [5.41, 5.74) is 2.58. The van der Waals surface area contributed by atoms with Crippen molar-refractivity contribution in [2.75, 3.05) is 0 Å². The lowest BCUT2D eigenvalue weighted by Crippen LogP contribution is -2.08. The Hall–Kier alpha value is -2.45. The maximum atomic E-state index is 14.0. The number of halogens is 1. The van der Waals surface area contributed by atoms with Crippen LogP contribution in [0.5, 0.6) is 0 Å². The van der Waals surface area contributed by atoms with E-state index in [0.29, 0.717) is 21.4 Å². The third-order valence-corrected chi connectivity index (χ3v) is 3.91. The molecule has 0 amide bonds. The topological polar surface area (TPSA) is 44.5 Å². The summed E-state index contributed by atoms with van der Waals surface area (Å²) in [5.74, 6) is -0.266. The van der Waals surface area contributed by atoms with E-state index in [1.807, 2.05) is 17.6 Å². The van der Waals surface area contributed by atoms with E-state index in [2.05, 4.69) is 11.1 Å². The number of hydrogen-bond donors (Lipinski definition) is 1. The van der Waals surface area contributed by atoms with Crippen LogP contribution >= 0.6 is 12.2 Å². The van der Waals surface area contributed by atoms with E-state index in [4.69, 9.17) is 17.5 Å². The molecule has 1 aromatic heterocycles. The summed E-state index contributed by atoms with van der Waals surface area (Å²) in [4.78, 5) is 3.05. The number of hydrogen-bond acceptors (Lipinski definition) is 2. The molecule has 0 saturated heterocycles. The molecule has 0 fully saturated rings. The number of nitrogens with one attached hydrogen (secondary N) is 1. The molecule has 0 bridgehead atoms. The van der Waals surface area contributed by atoms with Crippen LogP contribution in [0.25, 0.3) is 11.0 Å². The number of imidazole rings is 1. The maximum absolute atomic E-state index is 14.0. The van der Waals surface area contributed by atoms with Gasteiger partial charge in [0.2, 0.25) is 0 Å². The Balaban J connectivity index is 2.27. The fraction of sp³-hybridized carbons (Fsp3) is 0.125. The van der Waals surface area contributed by atoms with E-state index in [0.717, 1.165) is 5.52 Å². The number of para-hydroxylation sites is 1. The molecule has 3 rings (SSSR count). The highest BCUT2D eigenvalue weighted by Crippen LogP contribution is 2.27. The molecule has 1 N–H and O–H groups in total. The molecule has 0 aliphatic heterocycles. The van der Waals surface area contributed by atoms with Gasteiger partial charge in [-0.05, 0) is 37.3 Å². The van der Waals surface area contributed by atoms with Gasteiger partial charge >= 0.3 is 0 Å². The van der Waals surface area contributed by atoms with Crippen molar-refractivity contribution in [2.45, 2.75) is 13.0 Å². The molecule has 21 heavy (non-hydrogen) atoms. The van der Waals surface area contributed by atoms with Gasteiger partial charge < -0.3 is 9.55 Å². The lowest BCUT2D eigenvalue weighted by atomic mass is 10.1. The van der Waals surface area contributed by atoms with Gasteiger partial charge in [-0.25, -0.2) is 4.39 Å². The third kappa shape index (κ3) is 2.14. The molecule has 0 radical (unpaired) electrons. The molecule has 0 aliphatic rings. The molecule has 3 aromatic rings. The van der Waals surface area contributed by atoms with Gasteiger partial charge in [0.25, 0.3) is 0 Å². The number of aromatic nitrogens is 2. The summed E-state index contributed by atoms with van der Waals surface area (Å²) in [7, 11) is 0. The highest BCUT2D eigenvalue weighted by Gasteiger charge is 2.17. The number of aromatic amines is 1. The van der Waals surface area contributed by atoms with Gasteiger partial charge in [-0.15, -0.1) is 0 Å². The predicted octanol–water partition coefficient (Wildman–Crippen LogP) is 4.32. The van der Waals surface area contributed by atoms with Crippen molar-refractivity contribution in [3.8, 4) is 6.07 Å². The van der Waals surface area contributed by atoms with Crippen molar-refractivity contribution >= 4 is 23.3 Å². The number of rotatable bonds is 2. The van der Waals surface area contributed by atoms with Crippen LogP contribution in [0.3, 0.4) is 0 Å². The lowest BCUT2D eigenvalue weighted by Gasteiger charge is -2.15. The molecule has 0 saturated carbocycles. The molecule has 1 atom stereocenters. The fourth-order valence-electron chi connectivity index (χ4n) is 2.58. The number of nitriles is 1. The van der Waals surface area contributed by atoms with Gasteiger partial charge in [-0.3, -0.25) is 0 Å². The van der Waals surface area contributed by atoms with Gasteiger partial charge in [-0.2, -0.15) is 5.26 Å². The second kappa shape index (κ2) is 5.15. The summed E-state index contributed by atoms with van der Waals surface area (Å²) in [6.45, 7) is 1.89. The average molecular weight is 297 g/mol. The number of fused-ring (bicyclic) bond motifs is 1. The van der Waals surface area contributed by atoms with E-state index in [9.17, 15) is 4.39 Å². The quantitative estimate of drug-likeness (QED) is 0.716. The summed E-state index contributed by atoms with van der Waals surface area (Å²) in [5, 5.41) is 9.16. The molecule has 0 aliphatic carbocycles. The van der Waals surface area contributed by atoms with E-state index < -0.39 is 0 Å². The number of benzene rings is 2. The fourth-order valence-corrected chi connectivity index (χ4v) is 2.94. The SMILES string of the molecule is CC(c1ccccc1F)n1c(=S)[nH]c2c(C#N)cccc21. The van der Waals surface area contributed by atoms with E-state index in [-0.39, 0.29) is 11.9 Å². The largest absolute Gasteiger partial charge is 0.329 e. The van der Waals surface area contributed by atoms with Gasteiger partial charge in [0.05, 0.1) is 22.6 Å². The molecule has 104 valence electrons. The summed E-state index contributed by atoms with van der Waals surface area (Å²) < 4.78 is 16.3. The molecular weight excluding hydrogens is 285 g/mol. The van der Waals surface area contributed by atoms with Crippen molar-refractivity contribution in [3.63, 3.8) is 0 Å². The van der Waals surface area contributed by atoms with Crippen molar-refractivity contribution in [3.05, 3.63) is 64.2 Å². The Bertz CT molecular complexity index is 917. The van der Waals surface area contributed by atoms with Crippen LogP contribution in [0.1, 0.15) is 24.1 Å². The van der Waals surface area contributed by atoms with Crippen molar-refractivity contribution in [1.29, 1.82) is 5.26 Å². The van der Waals surface area contributed by atoms with Crippen LogP contribution in [0.15, 0.2) is 42.5 Å². The minimum atomic E-state index is -0.266. The van der Waals surface area contributed by atoms with Crippen LogP contribution in [0, 0.1) is 21.9 Å². The van der Waals surface area contributed by atoms with Crippen LogP contribution in [0.4, 0.5) is 4.39 Å². The first kappa shape index (κ1) is 13.5. The first-order chi connectivity index (χ1) is 10.1. The lowest BCUT2D eigenvalue weighted by molar-refractivity contribution is 0.561. The Kier molecular flexibility index (Phi) is 3.32. The number of nitrogens with zero attached hydrogens (tertiary/aromatic N) is 2. The molecular formula is C16H12FN3S. The molecule has 0 spiro atoms. The predicted molar refractivity (Wildman–Crippen MR) is 82.1 cm³/mol. The van der Waals surface area contributed by atoms with Crippen LogP contribution in [-0.4, -0.2) is 9.55 Å². The zero-order chi connectivity index (χ0) is 15.0. The van der Waals surface area contributed by atoms with Gasteiger partial charge in [0.15, 0.2) is 4.77 Å². The summed E-state index contributed by atoms with van der Waals surface area (Å²) in [6, 6.07) is 13.9. The highest BCUT2D eigenvalue weighted by atomic mass is 32.1. The van der Waals surface area contributed by atoms with Gasteiger partial charge in [-0.1, -0.05) is 24.3 Å². The standard InChI is InChI=1S/C16H12FN3S/c1-10(12-6-2-3-7-13(12)17)20-14-8-4-5-11(9-18)15(14)19-16(20)21/h2-8,10H,1H3,(H,19,21). The molecule has 1 unspecified atom stereocenters. The Morgan fingerprint density at radius 3 is 2.71 bits per heavy atom. The monoisotopic (exact) mass is 297 g/mol. The van der Waals surface area contributed by atoms with E-state index in [1.54, 1.807) is 30.3 Å². The maximum Gasteiger partial charge on any atom is 0.178 e. The second-order valence-electron chi connectivity index (χ2n) is 4.81. The van der Waals surface area contributed by atoms with E-state index >= 15 is 0 Å². The molecule has 1 heterocycles. The average Bonchev–Trinajstić information content (AvgIpc) is 2.82. The second-order valence-corrected chi connectivity index (χ2v) is 5.20. The summed E-state index contributed by atoms with van der Waals surface area (Å²) >= 11 is 5.36. The van der Waals surface area contributed by atoms with Crippen molar-refractivity contribution in [1.82, 2.24) is 9.55 Å². The molecule has 2 aromatic carbocycles. The van der Waals surface area contributed by atoms with Crippen molar-refractivity contribution in [2.24, 2.45) is 0 Å². The van der Waals surface area contributed by atoms with Crippen LogP contribution in [0.2, 0.25) is 0 Å². The van der Waals surface area contributed by atoms with E-state index in [1.165, 1.54) is 6.07 Å². The van der Waals surface area contributed by atoms with Crippen LogP contribution in [-0.2, 0) is 0 Å². The Morgan fingerprint density at radius 2 is 2.00 bits per heavy atom. The Labute approximate surface area is 126 Å². The zero-order valence-electron chi connectivity index (χ0n) is 11.3. The smallest absolute Gasteiger partial charge is 0.178 e. The summed E-state index contributed by atoms with van der Waals surface area (Å²) in [6.07, 6.45) is 0.